The topological polar surface area (TPSA) is 85.6 Å². The van der Waals surface area contributed by atoms with E-state index < -0.39 is 21.4 Å². The van der Waals surface area contributed by atoms with Crippen molar-refractivity contribution in [3.63, 3.8) is 0 Å². The van der Waals surface area contributed by atoms with Crippen LogP contribution in [0.15, 0.2) is 56.5 Å². The maximum atomic E-state index is 12.9. The fraction of sp³-hybridized carbons (Fsp3) is 0.227. The Balaban J connectivity index is 2.05. The molecule has 0 fully saturated rings. The molecule has 4 rings (SSSR count). The molecule has 0 spiro atoms. The average Bonchev–Trinajstić information content (AvgIpc) is 3.35. The molecule has 2 aromatic heterocycles. The molecule has 0 aliphatic heterocycles. The number of methoxy groups -OCH3 is 1. The second-order valence-electron chi connectivity index (χ2n) is 7.93. The molecular formula is C22H21NO5S2. The quantitative estimate of drug-likeness (QED) is 0.419. The minimum absolute atomic E-state index is 0.211. The number of carbonyl (C=O) groups excluding carboxylic acids is 1. The van der Waals surface area contributed by atoms with Gasteiger partial charge in [0.15, 0.2) is 0 Å². The standard InChI is InChI=1S/C22H21NO5S2/c1-22(2,3)20-18(21(24)27-4)15-12-16(23-30(25,26)17-10-7-11-29-17)13-8-5-6-9-14(13)19(15)28-20/h5-12,23H,1-4H3. The van der Waals surface area contributed by atoms with E-state index in [0.29, 0.717) is 38.8 Å². The van der Waals surface area contributed by atoms with Crippen LogP contribution >= 0.6 is 11.3 Å². The van der Waals surface area contributed by atoms with Gasteiger partial charge in [0.25, 0.3) is 10.0 Å². The van der Waals surface area contributed by atoms with E-state index in [4.69, 9.17) is 9.15 Å². The number of fused-ring (bicyclic) bond motifs is 3. The Labute approximate surface area is 178 Å². The molecule has 1 N–H and O–H groups in total. The molecule has 0 aliphatic carbocycles. The first-order chi connectivity index (χ1) is 14.1. The number of sulfonamides is 1. The number of hydrogen-bond acceptors (Lipinski definition) is 6. The molecule has 0 saturated carbocycles. The van der Waals surface area contributed by atoms with Gasteiger partial charge in [-0.05, 0) is 17.5 Å². The number of esters is 1. The molecule has 2 aromatic carbocycles. The SMILES string of the molecule is COC(=O)c1c(C(C)(C)C)oc2c1cc(NS(=O)(=O)c1cccs1)c1ccccc12. The molecule has 8 heteroatoms. The molecule has 0 atom stereocenters. The van der Waals surface area contributed by atoms with Gasteiger partial charge in [0, 0.05) is 21.6 Å². The predicted molar refractivity (Wildman–Crippen MR) is 119 cm³/mol. The van der Waals surface area contributed by atoms with E-state index in [1.54, 1.807) is 23.6 Å². The highest BCUT2D eigenvalue weighted by Gasteiger charge is 2.31. The van der Waals surface area contributed by atoms with E-state index in [0.717, 1.165) is 11.3 Å². The van der Waals surface area contributed by atoms with E-state index >= 15 is 0 Å². The van der Waals surface area contributed by atoms with Gasteiger partial charge in [-0.1, -0.05) is 51.1 Å². The molecule has 0 radical (unpaired) electrons. The first kappa shape index (κ1) is 20.4. The van der Waals surface area contributed by atoms with Crippen LogP contribution in [-0.2, 0) is 20.2 Å². The molecule has 6 nitrogen and oxygen atoms in total. The lowest BCUT2D eigenvalue weighted by molar-refractivity contribution is 0.0598. The first-order valence-electron chi connectivity index (χ1n) is 9.27. The highest BCUT2D eigenvalue weighted by Crippen LogP contribution is 2.41. The van der Waals surface area contributed by atoms with Crippen molar-refractivity contribution in [3.8, 4) is 0 Å². The smallest absolute Gasteiger partial charge is 0.342 e. The molecule has 0 aliphatic rings. The van der Waals surface area contributed by atoms with E-state index in [1.807, 2.05) is 45.0 Å². The number of rotatable bonds is 4. The summed E-state index contributed by atoms with van der Waals surface area (Å²) in [4.78, 5) is 12.7. The molecule has 0 amide bonds. The van der Waals surface area contributed by atoms with Crippen LogP contribution in [0.1, 0.15) is 36.9 Å². The normalized spacial score (nSPS) is 12.4. The van der Waals surface area contributed by atoms with Crippen molar-refractivity contribution in [2.75, 3.05) is 11.8 Å². The van der Waals surface area contributed by atoms with Gasteiger partial charge in [0.2, 0.25) is 0 Å². The van der Waals surface area contributed by atoms with Crippen molar-refractivity contribution in [2.24, 2.45) is 0 Å². The number of nitrogens with one attached hydrogen (secondary N) is 1. The monoisotopic (exact) mass is 443 g/mol. The summed E-state index contributed by atoms with van der Waals surface area (Å²) < 4.78 is 39.8. The van der Waals surface area contributed by atoms with Crippen LogP contribution in [0, 0.1) is 0 Å². The van der Waals surface area contributed by atoms with Crippen molar-refractivity contribution < 1.29 is 22.4 Å². The number of benzene rings is 2. The Bertz CT molecular complexity index is 1360. The van der Waals surface area contributed by atoms with E-state index in [1.165, 1.54) is 7.11 Å². The fourth-order valence-electron chi connectivity index (χ4n) is 3.45. The summed E-state index contributed by atoms with van der Waals surface area (Å²) in [5.41, 5.74) is 0.746. The number of carbonyl (C=O) groups is 1. The van der Waals surface area contributed by atoms with Crippen LogP contribution in [0.2, 0.25) is 0 Å². The van der Waals surface area contributed by atoms with Crippen LogP contribution < -0.4 is 4.72 Å². The Morgan fingerprint density at radius 2 is 1.77 bits per heavy atom. The van der Waals surface area contributed by atoms with Crippen molar-refractivity contribution in [2.45, 2.75) is 30.4 Å². The second kappa shape index (κ2) is 7.14. The third kappa shape index (κ3) is 3.36. The van der Waals surface area contributed by atoms with Gasteiger partial charge in [-0.25, -0.2) is 13.2 Å². The summed E-state index contributed by atoms with van der Waals surface area (Å²) in [7, 11) is -2.45. The molecule has 30 heavy (non-hydrogen) atoms. The Kier molecular flexibility index (Phi) is 4.86. The number of furan rings is 1. The van der Waals surface area contributed by atoms with Crippen LogP contribution in [0.4, 0.5) is 5.69 Å². The minimum atomic E-state index is -3.77. The number of ether oxygens (including phenoxy) is 1. The lowest BCUT2D eigenvalue weighted by Crippen LogP contribution is -2.16. The van der Waals surface area contributed by atoms with E-state index in [9.17, 15) is 13.2 Å². The van der Waals surface area contributed by atoms with Crippen LogP contribution in [0.25, 0.3) is 21.7 Å². The molecule has 0 bridgehead atoms. The lowest BCUT2D eigenvalue weighted by Gasteiger charge is -2.16. The van der Waals surface area contributed by atoms with Crippen molar-refractivity contribution in [3.05, 3.63) is 59.2 Å². The van der Waals surface area contributed by atoms with Crippen molar-refractivity contribution >= 4 is 54.8 Å². The minimum Gasteiger partial charge on any atom is -0.465 e. The molecular weight excluding hydrogens is 422 g/mol. The Morgan fingerprint density at radius 1 is 1.07 bits per heavy atom. The highest BCUT2D eigenvalue weighted by atomic mass is 32.2. The third-order valence-corrected chi connectivity index (χ3v) is 7.53. The van der Waals surface area contributed by atoms with Gasteiger partial charge in [-0.3, -0.25) is 4.72 Å². The second-order valence-corrected chi connectivity index (χ2v) is 10.8. The summed E-state index contributed by atoms with van der Waals surface area (Å²) in [6.45, 7) is 5.83. The van der Waals surface area contributed by atoms with Gasteiger partial charge < -0.3 is 9.15 Å². The largest absolute Gasteiger partial charge is 0.465 e. The maximum Gasteiger partial charge on any atom is 0.342 e. The van der Waals surface area contributed by atoms with Gasteiger partial charge in [-0.2, -0.15) is 0 Å². The van der Waals surface area contributed by atoms with Crippen LogP contribution in [-0.4, -0.2) is 21.5 Å². The molecule has 0 saturated heterocycles. The Morgan fingerprint density at radius 3 is 2.37 bits per heavy atom. The zero-order valence-corrected chi connectivity index (χ0v) is 18.6. The van der Waals surface area contributed by atoms with Gasteiger partial charge in [0.05, 0.1) is 12.8 Å². The van der Waals surface area contributed by atoms with Crippen LogP contribution in [0.3, 0.4) is 0 Å². The molecule has 156 valence electrons. The Hall–Kier alpha value is -2.84. The summed E-state index contributed by atoms with van der Waals surface area (Å²) in [5, 5.41) is 3.60. The summed E-state index contributed by atoms with van der Waals surface area (Å²) >= 11 is 1.13. The van der Waals surface area contributed by atoms with Gasteiger partial charge in [0.1, 0.15) is 21.1 Å². The summed E-state index contributed by atoms with van der Waals surface area (Å²) in [5.74, 6) is -0.0335. The highest BCUT2D eigenvalue weighted by molar-refractivity contribution is 7.94. The average molecular weight is 444 g/mol. The third-order valence-electron chi connectivity index (χ3n) is 4.77. The van der Waals surface area contributed by atoms with Crippen molar-refractivity contribution in [1.29, 1.82) is 0 Å². The number of anilines is 1. The predicted octanol–water partition coefficient (Wildman–Crippen LogP) is 5.53. The molecule has 0 unspecified atom stereocenters. The first-order valence-corrected chi connectivity index (χ1v) is 11.6. The summed E-state index contributed by atoms with van der Waals surface area (Å²) in [6.07, 6.45) is 0. The fourth-order valence-corrected chi connectivity index (χ4v) is 5.51. The number of thiophene rings is 1. The van der Waals surface area contributed by atoms with E-state index in [2.05, 4.69) is 4.72 Å². The number of hydrogen-bond donors (Lipinski definition) is 1. The summed E-state index contributed by atoms with van der Waals surface area (Å²) in [6, 6.07) is 12.2. The molecule has 2 heterocycles. The zero-order chi connectivity index (χ0) is 21.7. The van der Waals surface area contributed by atoms with Gasteiger partial charge >= 0.3 is 5.97 Å². The van der Waals surface area contributed by atoms with E-state index in [-0.39, 0.29) is 4.21 Å². The zero-order valence-electron chi connectivity index (χ0n) is 17.0. The van der Waals surface area contributed by atoms with Crippen LogP contribution in [0.5, 0.6) is 0 Å². The maximum absolute atomic E-state index is 12.9. The van der Waals surface area contributed by atoms with Gasteiger partial charge in [-0.15, -0.1) is 11.3 Å². The van der Waals surface area contributed by atoms with Crippen molar-refractivity contribution in [1.82, 2.24) is 0 Å². The molecule has 4 aromatic rings. The lowest BCUT2D eigenvalue weighted by atomic mass is 9.89.